The van der Waals surface area contributed by atoms with Crippen LogP contribution in [0.25, 0.3) is 10.9 Å². The van der Waals surface area contributed by atoms with E-state index in [1.54, 1.807) is 11.3 Å². The molecule has 94 valence electrons. The summed E-state index contributed by atoms with van der Waals surface area (Å²) in [6.45, 7) is 0. The quantitative estimate of drug-likeness (QED) is 0.662. The van der Waals surface area contributed by atoms with Crippen molar-refractivity contribution in [2.75, 3.05) is 0 Å². The van der Waals surface area contributed by atoms with Crippen molar-refractivity contribution >= 4 is 44.0 Å². The van der Waals surface area contributed by atoms with E-state index in [4.69, 9.17) is 0 Å². The van der Waals surface area contributed by atoms with Crippen LogP contribution >= 0.6 is 27.3 Å². The standard InChI is InChI=1S/C15H10BrNOS/c16-12-8-11-3-1-2-4-13(11)17-15(12)14(18)7-10-5-6-19-9-10/h1-6,8-9H,7H2. The monoisotopic (exact) mass is 331 g/mol. The van der Waals surface area contributed by atoms with Gasteiger partial charge < -0.3 is 0 Å². The highest BCUT2D eigenvalue weighted by molar-refractivity contribution is 9.10. The predicted molar refractivity (Wildman–Crippen MR) is 81.8 cm³/mol. The molecule has 4 heteroatoms. The number of hydrogen-bond acceptors (Lipinski definition) is 3. The van der Waals surface area contributed by atoms with Crippen LogP contribution in [0, 0.1) is 0 Å². The molecule has 3 rings (SSSR count). The van der Waals surface area contributed by atoms with E-state index in [1.807, 2.05) is 47.2 Å². The summed E-state index contributed by atoms with van der Waals surface area (Å²) in [4.78, 5) is 16.8. The van der Waals surface area contributed by atoms with Crippen LogP contribution in [0.5, 0.6) is 0 Å². The van der Waals surface area contributed by atoms with Gasteiger partial charge in [0.2, 0.25) is 0 Å². The summed E-state index contributed by atoms with van der Waals surface area (Å²) in [7, 11) is 0. The van der Waals surface area contributed by atoms with Gasteiger partial charge in [0.1, 0.15) is 5.69 Å². The van der Waals surface area contributed by atoms with E-state index in [0.29, 0.717) is 12.1 Å². The predicted octanol–water partition coefficient (Wildman–Crippen LogP) is 4.48. The van der Waals surface area contributed by atoms with E-state index in [9.17, 15) is 4.79 Å². The molecule has 2 aromatic heterocycles. The zero-order valence-electron chi connectivity index (χ0n) is 9.97. The number of para-hydroxylation sites is 1. The number of halogens is 1. The summed E-state index contributed by atoms with van der Waals surface area (Å²) in [6.07, 6.45) is 0.396. The number of carbonyl (C=O) groups is 1. The van der Waals surface area contributed by atoms with Gasteiger partial charge in [-0.3, -0.25) is 4.79 Å². The summed E-state index contributed by atoms with van der Waals surface area (Å²) >= 11 is 5.04. The fourth-order valence-electron chi connectivity index (χ4n) is 1.95. The second-order valence-corrected chi connectivity index (χ2v) is 5.88. The van der Waals surface area contributed by atoms with Crippen molar-refractivity contribution in [3.05, 3.63) is 62.9 Å². The lowest BCUT2D eigenvalue weighted by atomic mass is 10.1. The Labute approximate surface area is 123 Å². The van der Waals surface area contributed by atoms with Crippen molar-refractivity contribution in [2.24, 2.45) is 0 Å². The molecule has 0 amide bonds. The highest BCUT2D eigenvalue weighted by Crippen LogP contribution is 2.23. The van der Waals surface area contributed by atoms with Crippen LogP contribution in [0.4, 0.5) is 0 Å². The van der Waals surface area contributed by atoms with Crippen LogP contribution in [0.1, 0.15) is 16.1 Å². The van der Waals surface area contributed by atoms with Gasteiger partial charge in [0.15, 0.2) is 5.78 Å². The Morgan fingerprint density at radius 1 is 1.26 bits per heavy atom. The average molecular weight is 332 g/mol. The molecule has 0 atom stereocenters. The largest absolute Gasteiger partial charge is 0.292 e. The molecule has 3 aromatic rings. The molecule has 0 bridgehead atoms. The van der Waals surface area contributed by atoms with Gasteiger partial charge in [-0.05, 0) is 50.5 Å². The number of carbonyl (C=O) groups excluding carboxylic acids is 1. The Kier molecular flexibility index (Phi) is 3.44. The molecule has 19 heavy (non-hydrogen) atoms. The Hall–Kier alpha value is -1.52. The molecule has 0 fully saturated rings. The number of Topliss-reactive ketones (excluding diaryl/α,β-unsaturated/α-hetero) is 1. The second-order valence-electron chi connectivity index (χ2n) is 4.24. The van der Waals surface area contributed by atoms with E-state index in [-0.39, 0.29) is 5.78 Å². The van der Waals surface area contributed by atoms with E-state index in [2.05, 4.69) is 20.9 Å². The number of thiophene rings is 1. The molecule has 0 unspecified atom stereocenters. The first kappa shape index (κ1) is 12.5. The number of ketones is 1. The van der Waals surface area contributed by atoms with Gasteiger partial charge >= 0.3 is 0 Å². The zero-order chi connectivity index (χ0) is 13.2. The maximum atomic E-state index is 12.3. The zero-order valence-corrected chi connectivity index (χ0v) is 12.4. The van der Waals surface area contributed by atoms with Gasteiger partial charge in [-0.15, -0.1) is 0 Å². The van der Waals surface area contributed by atoms with E-state index < -0.39 is 0 Å². The van der Waals surface area contributed by atoms with Crippen molar-refractivity contribution in [3.63, 3.8) is 0 Å². The van der Waals surface area contributed by atoms with Gasteiger partial charge in [0.25, 0.3) is 0 Å². The lowest BCUT2D eigenvalue weighted by Crippen LogP contribution is -2.06. The Morgan fingerprint density at radius 2 is 2.11 bits per heavy atom. The summed E-state index contributed by atoms with van der Waals surface area (Å²) in [5, 5.41) is 5.00. The molecule has 0 radical (unpaired) electrons. The molecule has 0 aliphatic rings. The molecule has 0 aliphatic heterocycles. The minimum Gasteiger partial charge on any atom is -0.292 e. The van der Waals surface area contributed by atoms with E-state index in [0.717, 1.165) is 20.9 Å². The Bertz CT molecular complexity index is 737. The first-order chi connectivity index (χ1) is 9.24. The van der Waals surface area contributed by atoms with Crippen LogP contribution in [-0.2, 0) is 6.42 Å². The van der Waals surface area contributed by atoms with Gasteiger partial charge in [-0.2, -0.15) is 11.3 Å². The molecule has 0 aliphatic carbocycles. The Morgan fingerprint density at radius 3 is 2.89 bits per heavy atom. The third-order valence-corrected chi connectivity index (χ3v) is 4.22. The second kappa shape index (κ2) is 5.23. The van der Waals surface area contributed by atoms with Gasteiger partial charge in [-0.1, -0.05) is 18.2 Å². The maximum Gasteiger partial charge on any atom is 0.186 e. The summed E-state index contributed by atoms with van der Waals surface area (Å²) in [6, 6.07) is 11.7. The smallest absolute Gasteiger partial charge is 0.186 e. The molecule has 2 nitrogen and oxygen atoms in total. The molecule has 2 heterocycles. The van der Waals surface area contributed by atoms with Crippen molar-refractivity contribution in [2.45, 2.75) is 6.42 Å². The Balaban J connectivity index is 1.99. The summed E-state index contributed by atoms with van der Waals surface area (Å²) < 4.78 is 0.756. The number of nitrogens with zero attached hydrogens (tertiary/aromatic N) is 1. The van der Waals surface area contributed by atoms with Crippen LogP contribution in [0.3, 0.4) is 0 Å². The van der Waals surface area contributed by atoms with E-state index in [1.165, 1.54) is 0 Å². The number of benzene rings is 1. The lowest BCUT2D eigenvalue weighted by Gasteiger charge is -2.05. The number of hydrogen-bond donors (Lipinski definition) is 0. The lowest BCUT2D eigenvalue weighted by molar-refractivity contribution is 0.0988. The molecule has 0 spiro atoms. The highest BCUT2D eigenvalue weighted by atomic mass is 79.9. The highest BCUT2D eigenvalue weighted by Gasteiger charge is 2.14. The number of rotatable bonds is 3. The first-order valence-corrected chi connectivity index (χ1v) is 7.57. The number of fused-ring (bicyclic) bond motifs is 1. The molecule has 1 aromatic carbocycles. The van der Waals surface area contributed by atoms with Crippen LogP contribution in [0.2, 0.25) is 0 Å². The SMILES string of the molecule is O=C(Cc1ccsc1)c1nc2ccccc2cc1Br. The molecular weight excluding hydrogens is 322 g/mol. The van der Waals surface area contributed by atoms with Gasteiger partial charge in [0, 0.05) is 16.3 Å². The maximum absolute atomic E-state index is 12.3. The fourth-order valence-corrected chi connectivity index (χ4v) is 3.17. The average Bonchev–Trinajstić information content (AvgIpc) is 2.90. The number of aromatic nitrogens is 1. The molecule has 0 saturated carbocycles. The van der Waals surface area contributed by atoms with Gasteiger partial charge in [-0.25, -0.2) is 4.98 Å². The minimum atomic E-state index is 0.0380. The summed E-state index contributed by atoms with van der Waals surface area (Å²) in [5.41, 5.74) is 2.39. The van der Waals surface area contributed by atoms with Gasteiger partial charge in [0.05, 0.1) is 5.52 Å². The topological polar surface area (TPSA) is 30.0 Å². The molecular formula is C15H10BrNOS. The third kappa shape index (κ3) is 2.60. The van der Waals surface area contributed by atoms with E-state index >= 15 is 0 Å². The van der Waals surface area contributed by atoms with Crippen molar-refractivity contribution < 1.29 is 4.79 Å². The van der Waals surface area contributed by atoms with Crippen LogP contribution in [0.15, 0.2) is 51.6 Å². The van der Waals surface area contributed by atoms with Crippen LogP contribution < -0.4 is 0 Å². The minimum absolute atomic E-state index is 0.0380. The fraction of sp³-hybridized carbons (Fsp3) is 0.0667. The molecule has 0 saturated heterocycles. The van der Waals surface area contributed by atoms with Crippen LogP contribution in [-0.4, -0.2) is 10.8 Å². The van der Waals surface area contributed by atoms with Crippen molar-refractivity contribution in [3.8, 4) is 0 Å². The normalized spacial score (nSPS) is 10.8. The first-order valence-electron chi connectivity index (χ1n) is 5.83. The number of pyridine rings is 1. The summed E-state index contributed by atoms with van der Waals surface area (Å²) in [5.74, 6) is 0.0380. The third-order valence-electron chi connectivity index (χ3n) is 2.89. The van der Waals surface area contributed by atoms with Crippen molar-refractivity contribution in [1.29, 1.82) is 0 Å². The molecule has 0 N–H and O–H groups in total. The van der Waals surface area contributed by atoms with Crippen molar-refractivity contribution in [1.82, 2.24) is 4.98 Å².